The number of carbonyl (C=O) groups is 1. The van der Waals surface area contributed by atoms with E-state index in [2.05, 4.69) is 34.1 Å². The van der Waals surface area contributed by atoms with Gasteiger partial charge in [0.05, 0.1) is 22.2 Å². The Labute approximate surface area is 153 Å². The van der Waals surface area contributed by atoms with E-state index in [0.717, 1.165) is 16.3 Å². The maximum absolute atomic E-state index is 11.6. The third-order valence-corrected chi connectivity index (χ3v) is 4.54. The SMILES string of the molecule is COC(=O)c1cc(Cl)c(OCc2cccc3ccccc23)c(Br)c1. The van der Waals surface area contributed by atoms with Crippen molar-refractivity contribution in [1.82, 2.24) is 0 Å². The summed E-state index contributed by atoms with van der Waals surface area (Å²) in [6.07, 6.45) is 0. The Bertz CT molecular complexity index is 880. The lowest BCUT2D eigenvalue weighted by Crippen LogP contribution is -2.03. The number of fused-ring (bicyclic) bond motifs is 1. The van der Waals surface area contributed by atoms with Crippen LogP contribution in [0.15, 0.2) is 59.1 Å². The van der Waals surface area contributed by atoms with E-state index in [-0.39, 0.29) is 0 Å². The Morgan fingerprint density at radius 3 is 2.62 bits per heavy atom. The number of hydrogen-bond donors (Lipinski definition) is 0. The van der Waals surface area contributed by atoms with Crippen LogP contribution in [0.2, 0.25) is 5.02 Å². The van der Waals surface area contributed by atoms with Crippen LogP contribution in [0.1, 0.15) is 15.9 Å². The highest BCUT2D eigenvalue weighted by Crippen LogP contribution is 2.35. The van der Waals surface area contributed by atoms with E-state index in [1.165, 1.54) is 13.2 Å². The van der Waals surface area contributed by atoms with Gasteiger partial charge in [0.25, 0.3) is 0 Å². The number of halogens is 2. The standard InChI is InChI=1S/C19H14BrClO3/c1-23-19(22)14-9-16(20)18(17(21)10-14)24-11-13-7-4-6-12-5-2-3-8-15(12)13/h2-10H,11H2,1H3. The van der Waals surface area contributed by atoms with Gasteiger partial charge in [-0.1, -0.05) is 54.1 Å². The van der Waals surface area contributed by atoms with Crippen molar-refractivity contribution in [1.29, 1.82) is 0 Å². The van der Waals surface area contributed by atoms with Crippen molar-refractivity contribution in [2.24, 2.45) is 0 Å². The first-order valence-corrected chi connectivity index (χ1v) is 8.44. The van der Waals surface area contributed by atoms with Crippen molar-refractivity contribution in [2.75, 3.05) is 7.11 Å². The number of rotatable bonds is 4. The highest BCUT2D eigenvalue weighted by molar-refractivity contribution is 9.10. The number of hydrogen-bond acceptors (Lipinski definition) is 3. The third-order valence-electron chi connectivity index (χ3n) is 3.67. The lowest BCUT2D eigenvalue weighted by Gasteiger charge is -2.13. The Morgan fingerprint density at radius 2 is 1.88 bits per heavy atom. The van der Waals surface area contributed by atoms with Crippen LogP contribution in [-0.2, 0) is 11.3 Å². The summed E-state index contributed by atoms with van der Waals surface area (Å²) in [4.78, 5) is 11.6. The molecule has 0 aromatic heterocycles. The molecular weight excluding hydrogens is 392 g/mol. The molecule has 0 fully saturated rings. The summed E-state index contributed by atoms with van der Waals surface area (Å²) in [5, 5.41) is 2.65. The Morgan fingerprint density at radius 1 is 1.12 bits per heavy atom. The molecule has 3 aromatic rings. The summed E-state index contributed by atoms with van der Waals surface area (Å²) in [5.74, 6) is 0.0513. The van der Waals surface area contributed by atoms with Crippen molar-refractivity contribution in [3.63, 3.8) is 0 Å². The molecule has 0 radical (unpaired) electrons. The second-order valence-electron chi connectivity index (χ2n) is 5.19. The van der Waals surface area contributed by atoms with Gasteiger partial charge in [-0.2, -0.15) is 0 Å². The number of benzene rings is 3. The number of methoxy groups -OCH3 is 1. The van der Waals surface area contributed by atoms with Crippen molar-refractivity contribution in [2.45, 2.75) is 6.61 Å². The van der Waals surface area contributed by atoms with E-state index >= 15 is 0 Å². The maximum Gasteiger partial charge on any atom is 0.337 e. The van der Waals surface area contributed by atoms with E-state index in [9.17, 15) is 4.79 Å². The molecule has 122 valence electrons. The predicted molar refractivity (Wildman–Crippen MR) is 98.8 cm³/mol. The zero-order chi connectivity index (χ0) is 17.1. The molecule has 0 spiro atoms. The van der Waals surface area contributed by atoms with Gasteiger partial charge in [-0.25, -0.2) is 4.79 Å². The average Bonchev–Trinajstić information content (AvgIpc) is 2.60. The molecule has 0 heterocycles. The topological polar surface area (TPSA) is 35.5 Å². The van der Waals surface area contributed by atoms with Crippen LogP contribution in [-0.4, -0.2) is 13.1 Å². The molecular formula is C19H14BrClO3. The van der Waals surface area contributed by atoms with Crippen LogP contribution >= 0.6 is 27.5 Å². The quantitative estimate of drug-likeness (QED) is 0.528. The van der Waals surface area contributed by atoms with Gasteiger partial charge in [0, 0.05) is 0 Å². The highest BCUT2D eigenvalue weighted by atomic mass is 79.9. The summed E-state index contributed by atoms with van der Waals surface area (Å²) < 4.78 is 11.2. The third kappa shape index (κ3) is 3.40. The fraction of sp³-hybridized carbons (Fsp3) is 0.105. The van der Waals surface area contributed by atoms with Gasteiger partial charge in [0.1, 0.15) is 6.61 Å². The number of ether oxygens (including phenoxy) is 2. The monoisotopic (exact) mass is 404 g/mol. The fourth-order valence-electron chi connectivity index (χ4n) is 2.50. The minimum Gasteiger partial charge on any atom is -0.486 e. The molecule has 0 amide bonds. The minimum absolute atomic E-state index is 0.352. The van der Waals surface area contributed by atoms with Crippen LogP contribution in [0.4, 0.5) is 0 Å². The predicted octanol–water partition coefficient (Wildman–Crippen LogP) is 5.62. The molecule has 0 aliphatic carbocycles. The first-order chi connectivity index (χ1) is 11.6. The fourth-order valence-corrected chi connectivity index (χ4v) is 3.46. The van der Waals surface area contributed by atoms with Gasteiger partial charge >= 0.3 is 5.97 Å². The molecule has 3 nitrogen and oxygen atoms in total. The van der Waals surface area contributed by atoms with Crippen LogP contribution in [0.25, 0.3) is 10.8 Å². The van der Waals surface area contributed by atoms with E-state index < -0.39 is 5.97 Å². The lowest BCUT2D eigenvalue weighted by molar-refractivity contribution is 0.0600. The van der Waals surface area contributed by atoms with Crippen LogP contribution in [0, 0.1) is 0 Å². The van der Waals surface area contributed by atoms with Gasteiger partial charge in [-0.15, -0.1) is 0 Å². The summed E-state index contributed by atoms with van der Waals surface area (Å²) in [6.45, 7) is 0.372. The Kier molecular flexibility index (Phi) is 5.07. The summed E-state index contributed by atoms with van der Waals surface area (Å²) in [7, 11) is 1.33. The zero-order valence-electron chi connectivity index (χ0n) is 12.9. The lowest BCUT2D eigenvalue weighted by atomic mass is 10.1. The van der Waals surface area contributed by atoms with Crippen molar-refractivity contribution < 1.29 is 14.3 Å². The maximum atomic E-state index is 11.6. The van der Waals surface area contributed by atoms with Crippen molar-refractivity contribution in [3.05, 3.63) is 75.2 Å². The molecule has 0 saturated carbocycles. The molecule has 0 N–H and O–H groups in total. The molecule has 5 heteroatoms. The van der Waals surface area contributed by atoms with Gasteiger partial charge in [-0.05, 0) is 44.4 Å². The molecule has 3 rings (SSSR count). The van der Waals surface area contributed by atoms with Crippen molar-refractivity contribution in [3.8, 4) is 5.75 Å². The summed E-state index contributed by atoms with van der Waals surface area (Å²) in [5.41, 5.74) is 1.43. The van der Waals surface area contributed by atoms with E-state index in [1.807, 2.05) is 24.3 Å². The summed E-state index contributed by atoms with van der Waals surface area (Å²) >= 11 is 9.66. The molecule has 3 aromatic carbocycles. The molecule has 0 aliphatic heterocycles. The van der Waals surface area contributed by atoms with Crippen molar-refractivity contribution >= 4 is 44.3 Å². The molecule has 0 atom stereocenters. The molecule has 0 unspecified atom stereocenters. The van der Waals surface area contributed by atoms with Crippen LogP contribution in [0.5, 0.6) is 5.75 Å². The van der Waals surface area contributed by atoms with Gasteiger partial charge in [-0.3, -0.25) is 0 Å². The van der Waals surface area contributed by atoms with Crippen LogP contribution in [0.3, 0.4) is 0 Å². The van der Waals surface area contributed by atoms with Gasteiger partial charge in [0.2, 0.25) is 0 Å². The first kappa shape index (κ1) is 16.8. The zero-order valence-corrected chi connectivity index (χ0v) is 15.2. The first-order valence-electron chi connectivity index (χ1n) is 7.27. The molecule has 0 saturated heterocycles. The van der Waals surface area contributed by atoms with Crippen LogP contribution < -0.4 is 4.74 Å². The van der Waals surface area contributed by atoms with E-state index in [4.69, 9.17) is 21.1 Å². The average molecular weight is 406 g/mol. The second kappa shape index (κ2) is 7.24. The van der Waals surface area contributed by atoms with E-state index in [0.29, 0.717) is 27.4 Å². The van der Waals surface area contributed by atoms with E-state index in [1.54, 1.807) is 6.07 Å². The van der Waals surface area contributed by atoms with Gasteiger partial charge < -0.3 is 9.47 Å². The number of carbonyl (C=O) groups excluding carboxylic acids is 1. The number of esters is 1. The highest BCUT2D eigenvalue weighted by Gasteiger charge is 2.14. The van der Waals surface area contributed by atoms with Gasteiger partial charge in [0.15, 0.2) is 5.75 Å². The summed E-state index contributed by atoms with van der Waals surface area (Å²) in [6, 6.07) is 17.4. The Hall–Kier alpha value is -2.04. The molecule has 0 bridgehead atoms. The molecule has 24 heavy (non-hydrogen) atoms. The minimum atomic E-state index is -0.446. The smallest absolute Gasteiger partial charge is 0.337 e. The normalized spacial score (nSPS) is 10.6. The second-order valence-corrected chi connectivity index (χ2v) is 6.45. The Balaban J connectivity index is 1.88. The molecule has 0 aliphatic rings. The largest absolute Gasteiger partial charge is 0.486 e.